The summed E-state index contributed by atoms with van der Waals surface area (Å²) < 4.78 is 83.7. The number of benzene rings is 2. The van der Waals surface area contributed by atoms with Crippen LogP contribution in [0.25, 0.3) is 5.69 Å². The van der Waals surface area contributed by atoms with Gasteiger partial charge >= 0.3 is 11.7 Å². The third-order valence-corrected chi connectivity index (χ3v) is 14.5. The maximum atomic E-state index is 12.9. The Bertz CT molecular complexity index is 3380. The second-order valence-corrected chi connectivity index (χ2v) is 20.3. The van der Waals surface area contributed by atoms with E-state index in [0.717, 1.165) is 43.2 Å². The first-order chi connectivity index (χ1) is 34.7. The number of Topliss-reactive ketones (excluding diaryl/α,β-unsaturated/α-hetero) is 1. The predicted octanol–water partition coefficient (Wildman–Crippen LogP) is 5.96. The minimum absolute atomic E-state index is 0.0128. The van der Waals surface area contributed by atoms with Crippen molar-refractivity contribution in [1.82, 2.24) is 34.2 Å². The molecule has 24 nitrogen and oxygen atoms in total. The third kappa shape index (κ3) is 13.8. The number of sulfonamides is 2. The first-order valence-corrected chi connectivity index (χ1v) is 25.7. The zero-order valence-electron chi connectivity index (χ0n) is 38.2. The standard InChI is InChI=1S/C23H23Cl2N5O7S.C20H16Cl2N6O6S/c1-3-36-22(32)9-18(31)17(11-26)29-28-14-7-15(24)23(16(25)8-14)37-21-10-20(19(35-2)12-27-21)38(33,34)30-13-5-4-6-13;1-33-15-9-24-17(7-16(15)35(31,32)27-10-3-2-4-10)34-18-12(21)5-11(6-13(18)22)28-20(30)25-19(29)14(8-23)26-28/h7-8,10,12-13,28,30H,3-6,9H2,1-2H3;5-7,9-10,27H,2-4H2,1H3,(H,25,29,30)/b29-17-;. The molecule has 2 fully saturated rings. The number of halogens is 4. The average molecular weight is 1120 g/mol. The number of carbonyl (C=O) groups is 2. The van der Waals surface area contributed by atoms with Crippen molar-refractivity contribution in [2.24, 2.45) is 5.10 Å². The lowest BCUT2D eigenvalue weighted by molar-refractivity contribution is -0.144. The lowest BCUT2D eigenvalue weighted by Gasteiger charge is -2.26. The molecule has 2 saturated carbocycles. The number of carbonyl (C=O) groups excluding carboxylic acids is 2. The van der Waals surface area contributed by atoms with Crippen LogP contribution in [0.2, 0.25) is 20.1 Å². The normalized spacial score (nSPS) is 13.7. The molecule has 73 heavy (non-hydrogen) atoms. The predicted molar refractivity (Wildman–Crippen MR) is 262 cm³/mol. The fraction of sp³-hybridized carbons (Fsp3) is 0.302. The topological polar surface area (TPSA) is 338 Å². The molecule has 7 rings (SSSR count). The highest BCUT2D eigenvalue weighted by atomic mass is 35.5. The van der Waals surface area contributed by atoms with E-state index in [2.05, 4.69) is 39.8 Å². The largest absolute Gasteiger partial charge is 0.494 e. The molecule has 3 heterocycles. The first-order valence-electron chi connectivity index (χ1n) is 21.2. The molecule has 0 saturated heterocycles. The molecule has 4 N–H and O–H groups in total. The van der Waals surface area contributed by atoms with E-state index >= 15 is 0 Å². The molecule has 0 atom stereocenters. The fourth-order valence-electron chi connectivity index (χ4n) is 6.31. The summed E-state index contributed by atoms with van der Waals surface area (Å²) in [7, 11) is -5.19. The molecule has 0 amide bonds. The zero-order valence-corrected chi connectivity index (χ0v) is 42.9. The Labute approximate surface area is 435 Å². The number of nitrogens with one attached hydrogen (secondary N) is 4. The number of rotatable bonds is 19. The minimum Gasteiger partial charge on any atom is -0.494 e. The van der Waals surface area contributed by atoms with E-state index in [4.69, 9.17) is 70.6 Å². The number of ether oxygens (including phenoxy) is 5. The summed E-state index contributed by atoms with van der Waals surface area (Å²) in [5.41, 5.74) is -0.236. The molecular formula is C43H39Cl4N11O13S2. The molecular weight excluding hydrogens is 1080 g/mol. The van der Waals surface area contributed by atoms with Crippen LogP contribution in [-0.4, -0.2) is 91.9 Å². The molecule has 30 heteroatoms. The van der Waals surface area contributed by atoms with Crippen LogP contribution in [0.1, 0.15) is 57.6 Å². The van der Waals surface area contributed by atoms with Gasteiger partial charge in [0.2, 0.25) is 49.0 Å². The van der Waals surface area contributed by atoms with Crippen LogP contribution in [0.3, 0.4) is 0 Å². The third-order valence-electron chi connectivity index (χ3n) is 10.3. The molecule has 0 bridgehead atoms. The van der Waals surface area contributed by atoms with Crippen LogP contribution < -0.4 is 45.1 Å². The molecule has 384 valence electrons. The molecule has 3 aromatic heterocycles. The Balaban J connectivity index is 0.000000239. The second kappa shape index (κ2) is 24.2. The van der Waals surface area contributed by atoms with E-state index in [-0.39, 0.29) is 94.7 Å². The van der Waals surface area contributed by atoms with Crippen LogP contribution >= 0.6 is 46.4 Å². The summed E-state index contributed by atoms with van der Waals surface area (Å²) >= 11 is 25.2. The molecule has 2 aromatic carbocycles. The Hall–Kier alpha value is -6.88. The van der Waals surface area contributed by atoms with Crippen molar-refractivity contribution in [1.29, 1.82) is 10.5 Å². The lowest BCUT2D eigenvalue weighted by atomic mass is 9.94. The Kier molecular flexibility index (Phi) is 18.4. The summed E-state index contributed by atoms with van der Waals surface area (Å²) in [4.78, 5) is 57.0. The van der Waals surface area contributed by atoms with Crippen LogP contribution in [0.5, 0.6) is 34.8 Å². The number of hydrogen-bond donors (Lipinski definition) is 4. The number of H-pyrrole nitrogens is 1. The van der Waals surface area contributed by atoms with Crippen LogP contribution in [0.15, 0.2) is 73.3 Å². The number of ketones is 1. The maximum Gasteiger partial charge on any atom is 0.349 e. The van der Waals surface area contributed by atoms with E-state index in [0.29, 0.717) is 0 Å². The first kappa shape index (κ1) is 55.4. The van der Waals surface area contributed by atoms with Gasteiger partial charge in [-0.05, 0) is 56.9 Å². The Morgan fingerprint density at radius 1 is 0.795 bits per heavy atom. The van der Waals surface area contributed by atoms with Crippen molar-refractivity contribution < 1.29 is 50.1 Å². The molecule has 0 radical (unpaired) electrons. The Morgan fingerprint density at radius 3 is 1.68 bits per heavy atom. The quantitative estimate of drug-likeness (QED) is 0.0321. The molecule has 0 unspecified atom stereocenters. The summed E-state index contributed by atoms with van der Waals surface area (Å²) in [6.07, 6.45) is 6.64. The van der Waals surface area contributed by atoms with Crippen LogP contribution in [0.4, 0.5) is 5.69 Å². The number of methoxy groups -OCH3 is 2. The van der Waals surface area contributed by atoms with E-state index in [9.17, 15) is 41.3 Å². The number of aromatic amines is 1. The zero-order chi connectivity index (χ0) is 53.2. The van der Waals surface area contributed by atoms with Gasteiger partial charge in [0.1, 0.15) is 28.4 Å². The van der Waals surface area contributed by atoms with E-state index in [1.807, 2.05) is 4.98 Å². The van der Waals surface area contributed by atoms with Crippen molar-refractivity contribution in [3.63, 3.8) is 0 Å². The molecule has 2 aliphatic carbocycles. The smallest absolute Gasteiger partial charge is 0.349 e. The summed E-state index contributed by atoms with van der Waals surface area (Å²) in [6, 6.07) is 10.5. The number of nitriles is 2. The number of esters is 1. The highest BCUT2D eigenvalue weighted by molar-refractivity contribution is 7.90. The van der Waals surface area contributed by atoms with Gasteiger partial charge in [0.15, 0.2) is 23.0 Å². The lowest BCUT2D eigenvalue weighted by Crippen LogP contribution is -2.39. The van der Waals surface area contributed by atoms with Crippen LogP contribution in [-0.2, 0) is 34.4 Å². The van der Waals surface area contributed by atoms with E-state index in [1.54, 1.807) is 19.1 Å². The highest BCUT2D eigenvalue weighted by Crippen LogP contribution is 2.41. The molecule has 0 spiro atoms. The van der Waals surface area contributed by atoms with E-state index in [1.165, 1.54) is 63.0 Å². The van der Waals surface area contributed by atoms with Gasteiger partial charge in [-0.3, -0.25) is 24.8 Å². The second-order valence-electron chi connectivity index (χ2n) is 15.3. The average Bonchev–Trinajstić information content (AvgIpc) is 3.31. The van der Waals surface area contributed by atoms with Gasteiger partial charge < -0.3 is 23.7 Å². The van der Waals surface area contributed by atoms with Crippen LogP contribution in [0, 0.1) is 22.7 Å². The van der Waals surface area contributed by atoms with Crippen molar-refractivity contribution in [3.05, 3.63) is 95.4 Å². The van der Waals surface area contributed by atoms with E-state index < -0.39 is 60.9 Å². The molecule has 5 aromatic rings. The number of anilines is 1. The van der Waals surface area contributed by atoms with Gasteiger partial charge in [-0.15, -0.1) is 5.10 Å². The van der Waals surface area contributed by atoms with Gasteiger partial charge in [-0.2, -0.15) is 20.3 Å². The van der Waals surface area contributed by atoms with Gasteiger partial charge in [-0.1, -0.05) is 59.2 Å². The fourth-order valence-corrected chi connectivity index (χ4v) is 10.3. The monoisotopic (exact) mass is 1120 g/mol. The SMILES string of the molecule is CCOC(=O)CC(=O)/C(C#N)=N\Nc1cc(Cl)c(Oc2cc(S(=O)(=O)NC3CCC3)c(OC)cn2)c(Cl)c1.COc1cnc(Oc2c(Cl)cc(-n3nc(C#N)c(=O)[nH]c3=O)cc2Cl)cc1S(=O)(=O)NC1CCC1. The number of hydrogen-bond acceptors (Lipinski definition) is 20. The van der Waals surface area contributed by atoms with Gasteiger partial charge in [0, 0.05) is 24.2 Å². The number of hydrazone groups is 1. The summed E-state index contributed by atoms with van der Waals surface area (Å²) in [5, 5.41) is 25.4. The summed E-state index contributed by atoms with van der Waals surface area (Å²) in [5.74, 6) is -1.93. The molecule has 0 aliphatic heterocycles. The van der Waals surface area contributed by atoms with Crippen molar-refractivity contribution >= 4 is 89.6 Å². The minimum atomic E-state index is -3.92. The van der Waals surface area contributed by atoms with Gasteiger partial charge in [0.05, 0.1) is 64.7 Å². The number of aromatic nitrogens is 5. The number of nitrogens with zero attached hydrogens (tertiary/aromatic N) is 7. The number of pyridine rings is 2. The van der Waals surface area contributed by atoms with Gasteiger partial charge in [0.25, 0.3) is 5.56 Å². The molecule has 2 aliphatic rings. The Morgan fingerprint density at radius 2 is 1.27 bits per heavy atom. The van der Waals surface area contributed by atoms with Crippen molar-refractivity contribution in [3.8, 4) is 52.6 Å². The van der Waals surface area contributed by atoms with Crippen molar-refractivity contribution in [2.45, 2.75) is 73.7 Å². The van der Waals surface area contributed by atoms with Crippen molar-refractivity contribution in [2.75, 3.05) is 26.3 Å². The summed E-state index contributed by atoms with van der Waals surface area (Å²) in [6.45, 7) is 1.68. The highest BCUT2D eigenvalue weighted by Gasteiger charge is 2.30. The van der Waals surface area contributed by atoms with Gasteiger partial charge in [-0.25, -0.2) is 41.0 Å². The maximum absolute atomic E-state index is 12.9.